The van der Waals surface area contributed by atoms with E-state index in [1.807, 2.05) is 6.92 Å². The van der Waals surface area contributed by atoms with E-state index in [1.165, 1.54) is 6.42 Å². The summed E-state index contributed by atoms with van der Waals surface area (Å²) in [6, 6.07) is 0.570. The van der Waals surface area contributed by atoms with Gasteiger partial charge < -0.3 is 5.32 Å². The number of nitrogens with zero attached hydrogens (tertiary/aromatic N) is 1. The number of nitrogens with one attached hydrogen (secondary N) is 1. The number of amidine groups is 1. The van der Waals surface area contributed by atoms with Crippen LogP contribution < -0.4 is 5.32 Å². The first kappa shape index (κ1) is 14.0. The Balaban J connectivity index is 2.24. The lowest BCUT2D eigenvalue weighted by Crippen LogP contribution is -2.28. The lowest BCUT2D eigenvalue weighted by Gasteiger charge is -2.11. The van der Waals surface area contributed by atoms with E-state index in [0.717, 1.165) is 22.6 Å². The zero-order valence-electron chi connectivity index (χ0n) is 10.4. The van der Waals surface area contributed by atoms with Crippen molar-refractivity contribution in [1.82, 2.24) is 5.32 Å². The zero-order chi connectivity index (χ0) is 12.0. The van der Waals surface area contributed by atoms with Crippen molar-refractivity contribution < 1.29 is 4.21 Å². The number of hydrogen-bond acceptors (Lipinski definition) is 3. The van der Waals surface area contributed by atoms with Gasteiger partial charge in [0.25, 0.3) is 0 Å². The minimum atomic E-state index is -0.689. The summed E-state index contributed by atoms with van der Waals surface area (Å²) in [6.45, 7) is 7.12. The minimum absolute atomic E-state index is 0.570. The van der Waals surface area contributed by atoms with Gasteiger partial charge in [-0.05, 0) is 12.3 Å². The molecule has 2 atom stereocenters. The maximum absolute atomic E-state index is 11.2. The predicted molar refractivity (Wildman–Crippen MR) is 74.7 cm³/mol. The van der Waals surface area contributed by atoms with Crippen molar-refractivity contribution in [3.63, 3.8) is 0 Å². The Hall–Kier alpha value is -0.0300. The first-order valence-corrected chi connectivity index (χ1v) is 8.38. The van der Waals surface area contributed by atoms with Crippen LogP contribution in [0, 0.1) is 5.92 Å². The van der Waals surface area contributed by atoms with Crippen LogP contribution in [-0.4, -0.2) is 39.2 Å². The summed E-state index contributed by atoms with van der Waals surface area (Å²) >= 11 is 1.79. The monoisotopic (exact) mass is 262 g/mol. The second-order valence-corrected chi connectivity index (χ2v) is 7.28. The molecule has 0 bridgehead atoms. The highest BCUT2D eigenvalue weighted by atomic mass is 32.2. The average Bonchev–Trinajstić information content (AvgIpc) is 2.64. The highest BCUT2D eigenvalue weighted by Gasteiger charge is 2.20. The molecule has 0 amide bonds. The van der Waals surface area contributed by atoms with Crippen LogP contribution in [0.15, 0.2) is 4.99 Å². The third kappa shape index (κ3) is 5.34. The van der Waals surface area contributed by atoms with Crippen LogP contribution in [-0.2, 0) is 10.8 Å². The van der Waals surface area contributed by atoms with E-state index in [0.29, 0.717) is 18.3 Å². The van der Waals surface area contributed by atoms with E-state index in [4.69, 9.17) is 0 Å². The highest BCUT2D eigenvalue weighted by Crippen LogP contribution is 2.18. The molecular formula is C11H22N2OS2. The molecule has 16 heavy (non-hydrogen) atoms. The molecule has 0 aromatic rings. The van der Waals surface area contributed by atoms with Crippen LogP contribution in [0.3, 0.4) is 0 Å². The van der Waals surface area contributed by atoms with Gasteiger partial charge in [-0.15, -0.1) is 0 Å². The summed E-state index contributed by atoms with van der Waals surface area (Å²) < 4.78 is 11.2. The lowest BCUT2D eigenvalue weighted by atomic mass is 10.1. The summed E-state index contributed by atoms with van der Waals surface area (Å²) in [6.07, 6.45) is 1.20. The lowest BCUT2D eigenvalue weighted by molar-refractivity contribution is 0.502. The van der Waals surface area contributed by atoms with Crippen LogP contribution in [0.4, 0.5) is 0 Å². The normalized spacial score (nSPS) is 25.0. The van der Waals surface area contributed by atoms with Gasteiger partial charge in [0, 0.05) is 34.1 Å². The number of thioether (sulfide) groups is 1. The fourth-order valence-electron chi connectivity index (χ4n) is 1.62. The number of rotatable bonds is 6. The Morgan fingerprint density at radius 2 is 2.38 bits per heavy atom. The zero-order valence-corrected chi connectivity index (χ0v) is 12.0. The van der Waals surface area contributed by atoms with Crippen molar-refractivity contribution in [3.8, 4) is 0 Å². The van der Waals surface area contributed by atoms with Crippen molar-refractivity contribution in [1.29, 1.82) is 0 Å². The van der Waals surface area contributed by atoms with Gasteiger partial charge in [0.15, 0.2) is 5.17 Å². The van der Waals surface area contributed by atoms with Crippen LogP contribution in [0.5, 0.6) is 0 Å². The molecule has 1 fully saturated rings. The second-order valence-electron chi connectivity index (χ2n) is 4.40. The van der Waals surface area contributed by atoms with Gasteiger partial charge in [0.1, 0.15) is 0 Å². The SMILES string of the molecule is CCS(=O)CCN=C1NC(CC(C)C)CS1. The van der Waals surface area contributed by atoms with Gasteiger partial charge >= 0.3 is 0 Å². The van der Waals surface area contributed by atoms with E-state index in [-0.39, 0.29) is 0 Å². The molecule has 1 aliphatic heterocycles. The molecule has 0 spiro atoms. The molecule has 3 nitrogen and oxygen atoms in total. The molecule has 1 N–H and O–H groups in total. The minimum Gasteiger partial charge on any atom is -0.361 e. The molecule has 0 radical (unpaired) electrons. The van der Waals surface area contributed by atoms with E-state index in [9.17, 15) is 4.21 Å². The van der Waals surface area contributed by atoms with Crippen molar-refractivity contribution in [2.75, 3.05) is 23.8 Å². The third-order valence-corrected chi connectivity index (χ3v) is 4.77. The Morgan fingerprint density at radius 1 is 1.62 bits per heavy atom. The summed E-state index contributed by atoms with van der Waals surface area (Å²) in [7, 11) is -0.689. The quantitative estimate of drug-likeness (QED) is 0.794. The molecule has 0 aromatic carbocycles. The van der Waals surface area contributed by atoms with Gasteiger partial charge in [-0.25, -0.2) is 0 Å². The van der Waals surface area contributed by atoms with Gasteiger partial charge in [0.05, 0.1) is 6.54 Å². The molecule has 1 rings (SSSR count). The van der Waals surface area contributed by atoms with Crippen molar-refractivity contribution in [2.45, 2.75) is 33.2 Å². The van der Waals surface area contributed by atoms with Gasteiger partial charge in [-0.3, -0.25) is 9.20 Å². The first-order chi connectivity index (χ1) is 7.61. The van der Waals surface area contributed by atoms with Crippen LogP contribution in [0.1, 0.15) is 27.2 Å². The molecule has 2 unspecified atom stereocenters. The molecule has 94 valence electrons. The number of aliphatic imine (C=N–C) groups is 1. The van der Waals surface area contributed by atoms with Gasteiger partial charge in [-0.1, -0.05) is 32.5 Å². The second kappa shape index (κ2) is 7.33. The van der Waals surface area contributed by atoms with E-state index in [2.05, 4.69) is 24.2 Å². The molecule has 1 heterocycles. The Labute approximate surface area is 105 Å². The topological polar surface area (TPSA) is 41.5 Å². The standard InChI is InChI=1S/C11H22N2OS2/c1-4-16(14)6-5-12-11-13-10(8-15-11)7-9(2)3/h9-10H,4-8H2,1-3H3,(H,12,13). The fraction of sp³-hybridized carbons (Fsp3) is 0.909. The van der Waals surface area contributed by atoms with Crippen LogP contribution in [0.2, 0.25) is 0 Å². The summed E-state index contributed by atoms with van der Waals surface area (Å²) in [5.41, 5.74) is 0. The van der Waals surface area contributed by atoms with Crippen molar-refractivity contribution >= 4 is 27.7 Å². The fourth-order valence-corrected chi connectivity index (χ4v) is 3.21. The molecular weight excluding hydrogens is 240 g/mol. The van der Waals surface area contributed by atoms with Crippen LogP contribution in [0.25, 0.3) is 0 Å². The summed E-state index contributed by atoms with van der Waals surface area (Å²) in [5, 5.41) is 4.47. The Morgan fingerprint density at radius 3 is 3.00 bits per heavy atom. The van der Waals surface area contributed by atoms with E-state index < -0.39 is 10.8 Å². The Kier molecular flexibility index (Phi) is 6.43. The smallest absolute Gasteiger partial charge is 0.156 e. The van der Waals surface area contributed by atoms with Crippen LogP contribution >= 0.6 is 11.8 Å². The molecule has 5 heteroatoms. The maximum atomic E-state index is 11.2. The summed E-state index contributed by atoms with van der Waals surface area (Å²) in [4.78, 5) is 4.44. The molecule has 1 saturated heterocycles. The van der Waals surface area contributed by atoms with Crippen molar-refractivity contribution in [3.05, 3.63) is 0 Å². The average molecular weight is 262 g/mol. The Bertz CT molecular complexity index is 267. The molecule has 1 aliphatic rings. The predicted octanol–water partition coefficient (Wildman–Crippen LogP) is 1.86. The first-order valence-electron chi connectivity index (χ1n) is 5.90. The highest BCUT2D eigenvalue weighted by molar-refractivity contribution is 8.14. The maximum Gasteiger partial charge on any atom is 0.156 e. The molecule has 0 aromatic heterocycles. The van der Waals surface area contributed by atoms with Gasteiger partial charge in [-0.2, -0.15) is 0 Å². The van der Waals surface area contributed by atoms with E-state index >= 15 is 0 Å². The third-order valence-electron chi connectivity index (χ3n) is 2.40. The van der Waals surface area contributed by atoms with Crippen molar-refractivity contribution in [2.24, 2.45) is 10.9 Å². The largest absolute Gasteiger partial charge is 0.361 e. The van der Waals surface area contributed by atoms with E-state index in [1.54, 1.807) is 11.8 Å². The van der Waals surface area contributed by atoms with Gasteiger partial charge in [0.2, 0.25) is 0 Å². The molecule has 0 saturated carbocycles. The molecule has 0 aliphatic carbocycles. The number of hydrogen-bond donors (Lipinski definition) is 1. The summed E-state index contributed by atoms with van der Waals surface area (Å²) in [5.74, 6) is 3.27.